The van der Waals surface area contributed by atoms with Crippen LogP contribution in [0.3, 0.4) is 0 Å². The molecular weight excluding hydrogens is 240 g/mol. The molecular formula is C20H28. The first-order chi connectivity index (χ1) is 9.74. The molecule has 0 spiro atoms. The van der Waals surface area contributed by atoms with Gasteiger partial charge in [0, 0.05) is 0 Å². The second-order valence-corrected chi connectivity index (χ2v) is 5.38. The Hall–Kier alpha value is -1.56. The Bertz CT molecular complexity index is 435. The first kappa shape index (κ1) is 16.5. The molecule has 0 fully saturated rings. The van der Waals surface area contributed by atoms with Crippen LogP contribution in [0.4, 0.5) is 0 Å². The monoisotopic (exact) mass is 268 g/mol. The summed E-state index contributed by atoms with van der Waals surface area (Å²) in [7, 11) is 0. The molecule has 0 heteroatoms. The highest BCUT2D eigenvalue weighted by Crippen LogP contribution is 2.06. The van der Waals surface area contributed by atoms with E-state index in [-0.39, 0.29) is 0 Å². The molecule has 0 atom stereocenters. The summed E-state index contributed by atoms with van der Waals surface area (Å²) in [6.45, 7) is 6.49. The van der Waals surface area contributed by atoms with E-state index < -0.39 is 0 Å². The minimum absolute atomic E-state index is 1.25. The van der Waals surface area contributed by atoms with E-state index in [0.29, 0.717) is 0 Å². The van der Waals surface area contributed by atoms with Crippen molar-refractivity contribution in [2.75, 3.05) is 0 Å². The molecule has 0 aliphatic heterocycles. The molecule has 2 aromatic rings. The maximum absolute atomic E-state index is 2.25. The van der Waals surface area contributed by atoms with Crippen LogP contribution in [0.15, 0.2) is 54.6 Å². The Morgan fingerprint density at radius 3 is 1.70 bits per heavy atom. The first-order valence-corrected chi connectivity index (χ1v) is 7.80. The fraction of sp³-hybridized carbons (Fsp3) is 0.400. The van der Waals surface area contributed by atoms with Gasteiger partial charge in [-0.05, 0) is 43.4 Å². The molecule has 0 nitrogen and oxygen atoms in total. The molecule has 0 radical (unpaired) electrons. The van der Waals surface area contributed by atoms with E-state index >= 15 is 0 Å². The molecule has 0 unspecified atom stereocenters. The summed E-state index contributed by atoms with van der Waals surface area (Å²) in [5.74, 6) is 0. The molecule has 0 aliphatic rings. The molecule has 0 N–H and O–H groups in total. The van der Waals surface area contributed by atoms with Crippen LogP contribution in [-0.2, 0) is 6.42 Å². The van der Waals surface area contributed by atoms with Crippen molar-refractivity contribution in [2.45, 2.75) is 52.9 Å². The van der Waals surface area contributed by atoms with Gasteiger partial charge >= 0.3 is 0 Å². The minimum Gasteiger partial charge on any atom is -0.0654 e. The second-order valence-electron chi connectivity index (χ2n) is 5.38. The Balaban J connectivity index is 0.000000217. The summed E-state index contributed by atoms with van der Waals surface area (Å²) >= 11 is 0. The number of aryl methyl sites for hydroxylation is 3. The fourth-order valence-corrected chi connectivity index (χ4v) is 2.06. The van der Waals surface area contributed by atoms with Gasteiger partial charge in [0.1, 0.15) is 0 Å². The predicted molar refractivity (Wildman–Crippen MR) is 90.2 cm³/mol. The largest absolute Gasteiger partial charge is 0.0654 e. The summed E-state index contributed by atoms with van der Waals surface area (Å²) < 4.78 is 0. The molecule has 0 aliphatic carbocycles. The Labute approximate surface area is 124 Å². The van der Waals surface area contributed by atoms with Crippen molar-refractivity contribution in [3.05, 3.63) is 71.3 Å². The number of unbranched alkanes of at least 4 members (excludes halogenated alkanes) is 3. The lowest BCUT2D eigenvalue weighted by Crippen LogP contribution is -1.84. The number of hydrogen-bond donors (Lipinski definition) is 0. The average Bonchev–Trinajstić information content (AvgIpc) is 2.49. The molecule has 0 bridgehead atoms. The van der Waals surface area contributed by atoms with Gasteiger partial charge < -0.3 is 0 Å². The van der Waals surface area contributed by atoms with Crippen LogP contribution in [0.2, 0.25) is 0 Å². The lowest BCUT2D eigenvalue weighted by atomic mass is 10.1. The first-order valence-electron chi connectivity index (χ1n) is 7.80. The number of benzene rings is 2. The molecule has 0 saturated carbocycles. The molecule has 108 valence electrons. The van der Waals surface area contributed by atoms with Crippen LogP contribution in [0, 0.1) is 13.8 Å². The minimum atomic E-state index is 1.25. The van der Waals surface area contributed by atoms with Crippen LogP contribution in [0.25, 0.3) is 0 Å². The van der Waals surface area contributed by atoms with Crippen molar-refractivity contribution >= 4 is 0 Å². The van der Waals surface area contributed by atoms with Crippen LogP contribution in [0.1, 0.15) is 49.3 Å². The van der Waals surface area contributed by atoms with Crippen molar-refractivity contribution in [1.29, 1.82) is 0 Å². The normalized spacial score (nSPS) is 9.75. The summed E-state index contributed by atoms with van der Waals surface area (Å²) in [4.78, 5) is 0. The number of rotatable bonds is 5. The van der Waals surface area contributed by atoms with E-state index in [2.05, 4.69) is 75.4 Å². The van der Waals surface area contributed by atoms with E-state index in [9.17, 15) is 0 Å². The quantitative estimate of drug-likeness (QED) is 0.574. The zero-order valence-electron chi connectivity index (χ0n) is 13.2. The van der Waals surface area contributed by atoms with Gasteiger partial charge in [-0.1, -0.05) is 80.8 Å². The lowest BCUT2D eigenvalue weighted by molar-refractivity contribution is 0.667. The van der Waals surface area contributed by atoms with Crippen molar-refractivity contribution in [2.24, 2.45) is 0 Å². The van der Waals surface area contributed by atoms with E-state index in [1.807, 2.05) is 0 Å². The molecule has 2 aromatic carbocycles. The molecule has 0 heterocycles. The summed E-state index contributed by atoms with van der Waals surface area (Å²) in [5.41, 5.74) is 4.22. The molecule has 0 amide bonds. The van der Waals surface area contributed by atoms with Gasteiger partial charge in [-0.2, -0.15) is 0 Å². The third kappa shape index (κ3) is 7.13. The second kappa shape index (κ2) is 10.3. The van der Waals surface area contributed by atoms with Crippen LogP contribution < -0.4 is 0 Å². The van der Waals surface area contributed by atoms with Crippen molar-refractivity contribution < 1.29 is 0 Å². The molecule has 0 saturated heterocycles. The zero-order chi connectivity index (χ0) is 14.6. The lowest BCUT2D eigenvalue weighted by Gasteiger charge is -1.99. The fourth-order valence-electron chi connectivity index (χ4n) is 2.06. The van der Waals surface area contributed by atoms with Gasteiger partial charge in [0.25, 0.3) is 0 Å². The summed E-state index contributed by atoms with van der Waals surface area (Å²) in [6.07, 6.45) is 6.69. The van der Waals surface area contributed by atoms with Crippen LogP contribution in [0.5, 0.6) is 0 Å². The van der Waals surface area contributed by atoms with Crippen LogP contribution in [-0.4, -0.2) is 0 Å². The zero-order valence-corrected chi connectivity index (χ0v) is 13.2. The van der Waals surface area contributed by atoms with Gasteiger partial charge in [0.2, 0.25) is 0 Å². The van der Waals surface area contributed by atoms with E-state index in [1.54, 1.807) is 0 Å². The van der Waals surface area contributed by atoms with Crippen molar-refractivity contribution in [3.63, 3.8) is 0 Å². The molecule has 20 heavy (non-hydrogen) atoms. The highest BCUT2D eigenvalue weighted by Gasteiger charge is 1.90. The van der Waals surface area contributed by atoms with Gasteiger partial charge in [-0.3, -0.25) is 0 Å². The average molecular weight is 268 g/mol. The van der Waals surface area contributed by atoms with Gasteiger partial charge in [0.15, 0.2) is 0 Å². The predicted octanol–water partition coefficient (Wildman–Crippen LogP) is 6.11. The standard InChI is InChI=1S/C12H18.C8H10/c1-2-3-4-6-9-12-10-7-5-8-11-12;1-7-5-3-4-6-8(7)2/h5,7-8,10-11H,2-4,6,9H2,1H3;3-6H,1-2H3. The topological polar surface area (TPSA) is 0 Å². The maximum atomic E-state index is 2.25. The highest BCUT2D eigenvalue weighted by molar-refractivity contribution is 5.23. The Kier molecular flexibility index (Phi) is 8.46. The SMILES string of the molecule is CCCCCCc1ccccc1.Cc1ccccc1C. The highest BCUT2D eigenvalue weighted by atomic mass is 14.0. The van der Waals surface area contributed by atoms with Crippen molar-refractivity contribution in [1.82, 2.24) is 0 Å². The van der Waals surface area contributed by atoms with E-state index in [1.165, 1.54) is 48.8 Å². The van der Waals surface area contributed by atoms with E-state index in [0.717, 1.165) is 0 Å². The summed E-state index contributed by atoms with van der Waals surface area (Å²) in [6, 6.07) is 19.1. The van der Waals surface area contributed by atoms with Gasteiger partial charge in [0.05, 0.1) is 0 Å². The third-order valence-electron chi connectivity index (χ3n) is 3.59. The van der Waals surface area contributed by atoms with Gasteiger partial charge in [-0.15, -0.1) is 0 Å². The maximum Gasteiger partial charge on any atom is -0.0279 e. The smallest absolute Gasteiger partial charge is 0.0279 e. The molecule has 2 rings (SSSR count). The van der Waals surface area contributed by atoms with Gasteiger partial charge in [-0.25, -0.2) is 0 Å². The Morgan fingerprint density at radius 2 is 1.20 bits per heavy atom. The van der Waals surface area contributed by atoms with Crippen molar-refractivity contribution in [3.8, 4) is 0 Å². The number of hydrogen-bond acceptors (Lipinski definition) is 0. The third-order valence-corrected chi connectivity index (χ3v) is 3.59. The summed E-state index contributed by atoms with van der Waals surface area (Å²) in [5, 5.41) is 0. The van der Waals surface area contributed by atoms with Crippen LogP contribution >= 0.6 is 0 Å². The molecule has 0 aromatic heterocycles. The van der Waals surface area contributed by atoms with E-state index in [4.69, 9.17) is 0 Å². The Morgan fingerprint density at radius 1 is 0.650 bits per heavy atom.